The predicted molar refractivity (Wildman–Crippen MR) is 96.1 cm³/mol. The molecule has 1 saturated carbocycles. The molecule has 0 spiro atoms. The molecule has 1 aliphatic rings. The third-order valence-electron chi connectivity index (χ3n) is 4.60. The van der Waals surface area contributed by atoms with Gasteiger partial charge in [0.05, 0.1) is 21.2 Å². The van der Waals surface area contributed by atoms with Crippen molar-refractivity contribution in [1.82, 2.24) is 0 Å². The number of ether oxygens (including phenoxy) is 1. The van der Waals surface area contributed by atoms with Gasteiger partial charge in [-0.05, 0) is 77.2 Å². The van der Waals surface area contributed by atoms with Crippen LogP contribution in [0.25, 0.3) is 10.8 Å². The molecule has 0 atom stereocenters. The van der Waals surface area contributed by atoms with E-state index in [0.29, 0.717) is 18.6 Å². The lowest BCUT2D eigenvalue weighted by Gasteiger charge is -2.30. The van der Waals surface area contributed by atoms with E-state index in [2.05, 4.69) is 22.6 Å². The van der Waals surface area contributed by atoms with Gasteiger partial charge in [0.2, 0.25) is 0 Å². The Morgan fingerprint density at radius 2 is 1.80 bits per heavy atom. The quantitative estimate of drug-likeness (QED) is 0.598. The Hall–Kier alpha value is -1.51. The molecule has 0 bridgehead atoms. The van der Waals surface area contributed by atoms with Gasteiger partial charge in [0, 0.05) is 0 Å². The zero-order valence-electron chi connectivity index (χ0n) is 13.1. The lowest BCUT2D eigenvalue weighted by atomic mass is 9.87. The molecule has 0 aromatic heterocycles. The Bertz CT molecular complexity index is 796. The van der Waals surface area contributed by atoms with E-state index >= 15 is 0 Å². The summed E-state index contributed by atoms with van der Waals surface area (Å²) in [6.07, 6.45) is -3.38. The molecule has 1 aliphatic carbocycles. The van der Waals surface area contributed by atoms with Crippen LogP contribution < -0.4 is 4.74 Å². The second kappa shape index (κ2) is 7.01. The fraction of sp³-hybridized carbons (Fsp3) is 0.389. The van der Waals surface area contributed by atoms with E-state index in [9.17, 15) is 18.0 Å². The smallest absolute Gasteiger partial charge is 0.391 e. The number of carbonyl (C=O) groups is 1. The zero-order chi connectivity index (χ0) is 18.2. The molecule has 2 aromatic carbocycles. The van der Waals surface area contributed by atoms with Crippen LogP contribution in [0.15, 0.2) is 30.3 Å². The highest BCUT2D eigenvalue weighted by atomic mass is 127. The average molecular weight is 464 g/mol. The molecular weight excluding hydrogens is 448 g/mol. The van der Waals surface area contributed by atoms with Gasteiger partial charge in [0.1, 0.15) is 5.75 Å². The molecular formula is C18H16F3IO3. The van der Waals surface area contributed by atoms with Crippen molar-refractivity contribution in [1.29, 1.82) is 0 Å². The molecule has 1 N–H and O–H groups in total. The summed E-state index contributed by atoms with van der Waals surface area (Å²) in [7, 11) is 0. The third-order valence-corrected chi connectivity index (χ3v) is 5.71. The van der Waals surface area contributed by atoms with E-state index in [1.54, 1.807) is 24.3 Å². The number of halogens is 4. The van der Waals surface area contributed by atoms with Gasteiger partial charge in [0.15, 0.2) is 0 Å². The number of carboxylic acid groups (broad SMARTS) is 1. The van der Waals surface area contributed by atoms with Gasteiger partial charge >= 0.3 is 12.1 Å². The largest absolute Gasteiger partial charge is 0.489 e. The lowest BCUT2D eigenvalue weighted by molar-refractivity contribution is -0.185. The van der Waals surface area contributed by atoms with Crippen molar-refractivity contribution in [3.05, 3.63) is 39.5 Å². The number of carboxylic acids is 1. The first-order valence-electron chi connectivity index (χ1n) is 7.94. The zero-order valence-corrected chi connectivity index (χ0v) is 15.3. The lowest BCUT2D eigenvalue weighted by Crippen LogP contribution is -2.32. The van der Waals surface area contributed by atoms with Crippen LogP contribution >= 0.6 is 22.6 Å². The summed E-state index contributed by atoms with van der Waals surface area (Å²) in [4.78, 5) is 11.0. The highest BCUT2D eigenvalue weighted by Crippen LogP contribution is 2.39. The maximum atomic E-state index is 12.7. The summed E-state index contributed by atoms with van der Waals surface area (Å²) < 4.78 is 45.0. The number of alkyl halides is 3. The fourth-order valence-electron chi connectivity index (χ4n) is 3.18. The number of hydrogen-bond donors (Lipinski definition) is 1. The minimum absolute atomic E-state index is 0.0975. The summed E-state index contributed by atoms with van der Waals surface area (Å²) in [6, 6.07) is 8.39. The Morgan fingerprint density at radius 3 is 2.40 bits per heavy atom. The molecule has 1 fully saturated rings. The number of hydrogen-bond acceptors (Lipinski definition) is 2. The molecule has 0 saturated heterocycles. The van der Waals surface area contributed by atoms with Crippen LogP contribution in [-0.2, 0) is 0 Å². The van der Waals surface area contributed by atoms with E-state index in [1.165, 1.54) is 6.07 Å². The molecule has 0 radical (unpaired) electrons. The van der Waals surface area contributed by atoms with Crippen molar-refractivity contribution in [2.24, 2.45) is 5.92 Å². The van der Waals surface area contributed by atoms with Crippen LogP contribution in [0.5, 0.6) is 5.75 Å². The number of rotatable bonds is 3. The first-order valence-corrected chi connectivity index (χ1v) is 9.02. The van der Waals surface area contributed by atoms with Crippen LogP contribution in [0.1, 0.15) is 36.0 Å². The summed E-state index contributed by atoms with van der Waals surface area (Å²) in [6.45, 7) is 0. The van der Waals surface area contributed by atoms with Crippen LogP contribution in [-0.4, -0.2) is 23.4 Å². The summed E-state index contributed by atoms with van der Waals surface area (Å²) in [5.74, 6) is -1.58. The van der Waals surface area contributed by atoms with Gasteiger partial charge in [-0.1, -0.05) is 12.1 Å². The van der Waals surface area contributed by atoms with Crippen molar-refractivity contribution in [2.75, 3.05) is 0 Å². The minimum Gasteiger partial charge on any atom is -0.489 e. The molecule has 3 nitrogen and oxygen atoms in total. The normalized spacial score (nSPS) is 21.3. The Morgan fingerprint density at radius 1 is 1.12 bits per heavy atom. The van der Waals surface area contributed by atoms with E-state index in [0.717, 1.165) is 14.3 Å². The topological polar surface area (TPSA) is 46.5 Å². The van der Waals surface area contributed by atoms with Crippen LogP contribution in [0.4, 0.5) is 13.2 Å². The molecule has 0 heterocycles. The molecule has 0 amide bonds. The van der Waals surface area contributed by atoms with Crippen molar-refractivity contribution in [2.45, 2.75) is 38.0 Å². The minimum atomic E-state index is -4.12. The van der Waals surface area contributed by atoms with E-state index in [4.69, 9.17) is 9.84 Å². The van der Waals surface area contributed by atoms with E-state index < -0.39 is 18.1 Å². The second-order valence-corrected chi connectivity index (χ2v) is 7.33. The third kappa shape index (κ3) is 4.02. The standard InChI is InChI=1S/C18H16F3IO3/c19-18(20,21)12-3-5-13(6-4-12)25-15-8-2-10-9-11(17(23)24)1-7-14(10)16(15)22/h1-2,7-9,12-13H,3-6H2,(H,23,24)/t12-,13+. The summed E-state index contributed by atoms with van der Waals surface area (Å²) >= 11 is 2.13. The van der Waals surface area contributed by atoms with Gasteiger partial charge in [0.25, 0.3) is 0 Å². The molecule has 0 unspecified atom stereocenters. The first kappa shape index (κ1) is 18.3. The van der Waals surface area contributed by atoms with Gasteiger partial charge in [-0.25, -0.2) is 4.79 Å². The van der Waals surface area contributed by atoms with Crippen molar-refractivity contribution in [3.63, 3.8) is 0 Å². The molecule has 3 rings (SSSR count). The van der Waals surface area contributed by atoms with Crippen molar-refractivity contribution >= 4 is 39.3 Å². The van der Waals surface area contributed by atoms with Crippen molar-refractivity contribution in [3.8, 4) is 5.75 Å². The maximum absolute atomic E-state index is 12.7. The number of fused-ring (bicyclic) bond motifs is 1. The summed E-state index contributed by atoms with van der Waals surface area (Å²) in [5, 5.41) is 10.7. The molecule has 7 heteroatoms. The fourth-order valence-corrected chi connectivity index (χ4v) is 3.98. The van der Waals surface area contributed by atoms with Crippen LogP contribution in [0.3, 0.4) is 0 Å². The summed E-state index contributed by atoms with van der Waals surface area (Å²) in [5.41, 5.74) is 0.211. The monoisotopic (exact) mass is 464 g/mol. The van der Waals surface area contributed by atoms with Crippen LogP contribution in [0, 0.1) is 9.49 Å². The Kier molecular flexibility index (Phi) is 5.13. The van der Waals surface area contributed by atoms with Crippen molar-refractivity contribution < 1.29 is 27.8 Å². The average Bonchev–Trinajstić information content (AvgIpc) is 2.56. The first-order chi connectivity index (χ1) is 11.8. The van der Waals surface area contributed by atoms with Crippen LogP contribution in [0.2, 0.25) is 0 Å². The molecule has 2 aromatic rings. The SMILES string of the molecule is O=C(O)c1ccc2c(I)c(O[C@H]3CC[C@@H](C(F)(F)F)CC3)ccc2c1. The molecule has 25 heavy (non-hydrogen) atoms. The molecule has 0 aliphatic heterocycles. The Balaban J connectivity index is 1.75. The Labute approximate surface area is 156 Å². The van der Waals surface area contributed by atoms with E-state index in [-0.39, 0.29) is 24.5 Å². The van der Waals surface area contributed by atoms with Gasteiger partial charge in [-0.15, -0.1) is 0 Å². The maximum Gasteiger partial charge on any atom is 0.391 e. The predicted octanol–water partition coefficient (Wildman–Crippen LogP) is 5.64. The number of aromatic carboxylic acids is 1. The highest BCUT2D eigenvalue weighted by molar-refractivity contribution is 14.1. The second-order valence-electron chi connectivity index (χ2n) is 6.25. The van der Waals surface area contributed by atoms with Gasteiger partial charge < -0.3 is 9.84 Å². The number of benzene rings is 2. The van der Waals surface area contributed by atoms with Gasteiger partial charge in [-0.2, -0.15) is 13.2 Å². The van der Waals surface area contributed by atoms with Gasteiger partial charge in [-0.3, -0.25) is 0 Å². The van der Waals surface area contributed by atoms with E-state index in [1.807, 2.05) is 0 Å². The molecule has 134 valence electrons. The highest BCUT2D eigenvalue weighted by Gasteiger charge is 2.41.